The molecule has 0 heterocycles. The van der Waals surface area contributed by atoms with Crippen LogP contribution in [0.15, 0.2) is 42.5 Å². The summed E-state index contributed by atoms with van der Waals surface area (Å²) in [5, 5.41) is -0.986. The summed E-state index contributed by atoms with van der Waals surface area (Å²) in [6.45, 7) is 1.47. The van der Waals surface area contributed by atoms with Crippen LogP contribution in [-0.2, 0) is 0 Å². The van der Waals surface area contributed by atoms with E-state index in [0.717, 1.165) is 0 Å². The van der Waals surface area contributed by atoms with Gasteiger partial charge in [-0.1, -0.05) is 30.3 Å². The fraction of sp³-hybridized carbons (Fsp3) is 0.133. The van der Waals surface area contributed by atoms with Gasteiger partial charge in [0, 0.05) is 6.07 Å². The van der Waals surface area contributed by atoms with Gasteiger partial charge in [-0.3, -0.25) is 4.79 Å². The molecule has 2 aromatic carbocycles. The molecule has 19 heavy (non-hydrogen) atoms. The van der Waals surface area contributed by atoms with Gasteiger partial charge in [0.2, 0.25) is 0 Å². The highest BCUT2D eigenvalue weighted by atomic mass is 35.5. The first kappa shape index (κ1) is 13.7. The number of hydrogen-bond donors (Lipinski definition) is 0. The molecule has 1 unspecified atom stereocenters. The topological polar surface area (TPSA) is 17.1 Å². The zero-order valence-electron chi connectivity index (χ0n) is 10.2. The molecule has 2 rings (SSSR count). The van der Waals surface area contributed by atoms with Crippen LogP contribution in [0, 0.1) is 18.6 Å². The second-order valence-corrected chi connectivity index (χ2v) is 4.66. The lowest BCUT2D eigenvalue weighted by Crippen LogP contribution is -2.10. The molecule has 0 N–H and O–H groups in total. The van der Waals surface area contributed by atoms with Crippen LogP contribution >= 0.6 is 11.6 Å². The number of halogens is 3. The molecule has 0 amide bonds. The Morgan fingerprint density at radius 3 is 2.37 bits per heavy atom. The number of alkyl halides is 1. The third kappa shape index (κ3) is 2.82. The minimum atomic E-state index is -0.986. The van der Waals surface area contributed by atoms with Crippen molar-refractivity contribution in [2.45, 2.75) is 12.3 Å². The maximum atomic E-state index is 13.6. The molecule has 0 saturated carbocycles. The van der Waals surface area contributed by atoms with Crippen molar-refractivity contribution in [2.75, 3.05) is 0 Å². The average molecular weight is 281 g/mol. The summed E-state index contributed by atoms with van der Waals surface area (Å²) >= 11 is 6.05. The van der Waals surface area contributed by atoms with Crippen molar-refractivity contribution in [3.8, 4) is 0 Å². The van der Waals surface area contributed by atoms with Crippen molar-refractivity contribution < 1.29 is 13.6 Å². The number of rotatable bonds is 3. The quantitative estimate of drug-likeness (QED) is 0.600. The maximum absolute atomic E-state index is 13.6. The van der Waals surface area contributed by atoms with E-state index in [2.05, 4.69) is 0 Å². The lowest BCUT2D eigenvalue weighted by molar-refractivity contribution is 0.0983. The number of Topliss-reactive ketones (excluding diaryl/α,β-unsaturated/α-hetero) is 1. The predicted molar refractivity (Wildman–Crippen MR) is 70.5 cm³/mol. The van der Waals surface area contributed by atoms with Gasteiger partial charge in [0.15, 0.2) is 5.78 Å². The van der Waals surface area contributed by atoms with E-state index in [1.807, 2.05) is 0 Å². The van der Waals surface area contributed by atoms with Gasteiger partial charge < -0.3 is 0 Å². The van der Waals surface area contributed by atoms with Crippen LogP contribution in [0.25, 0.3) is 0 Å². The monoisotopic (exact) mass is 280 g/mol. The average Bonchev–Trinajstić information content (AvgIpc) is 2.42. The van der Waals surface area contributed by atoms with Crippen LogP contribution in [0.5, 0.6) is 0 Å². The van der Waals surface area contributed by atoms with E-state index in [4.69, 9.17) is 11.6 Å². The molecule has 1 atom stereocenters. The van der Waals surface area contributed by atoms with Crippen molar-refractivity contribution >= 4 is 17.4 Å². The Labute approximate surface area is 114 Å². The lowest BCUT2D eigenvalue weighted by atomic mass is 10.0. The molecule has 4 heteroatoms. The fourth-order valence-corrected chi connectivity index (χ4v) is 2.02. The third-order valence-electron chi connectivity index (χ3n) is 2.84. The molecule has 1 nitrogen and oxygen atoms in total. The van der Waals surface area contributed by atoms with Gasteiger partial charge in [-0.2, -0.15) is 0 Å². The molecule has 0 aliphatic carbocycles. The smallest absolute Gasteiger partial charge is 0.188 e. The van der Waals surface area contributed by atoms with E-state index in [0.29, 0.717) is 11.6 Å². The first-order valence-electron chi connectivity index (χ1n) is 5.69. The van der Waals surface area contributed by atoms with Crippen LogP contribution in [0.2, 0.25) is 0 Å². The first-order valence-corrected chi connectivity index (χ1v) is 6.13. The minimum absolute atomic E-state index is 0.192. The van der Waals surface area contributed by atoms with Gasteiger partial charge >= 0.3 is 0 Å². The Hall–Kier alpha value is -1.74. The maximum Gasteiger partial charge on any atom is 0.188 e. The van der Waals surface area contributed by atoms with Gasteiger partial charge in [0.1, 0.15) is 17.0 Å². The molecule has 2 aromatic rings. The third-order valence-corrected chi connectivity index (χ3v) is 3.29. The summed E-state index contributed by atoms with van der Waals surface area (Å²) in [7, 11) is 0. The van der Waals surface area contributed by atoms with Crippen LogP contribution in [0.1, 0.15) is 26.9 Å². The molecule has 0 bridgehead atoms. The molecule has 0 aliphatic heterocycles. The second-order valence-electron chi connectivity index (χ2n) is 4.22. The van der Waals surface area contributed by atoms with Crippen LogP contribution in [-0.4, -0.2) is 5.78 Å². The van der Waals surface area contributed by atoms with Crippen LogP contribution < -0.4 is 0 Å². The Bertz CT molecular complexity index is 611. The van der Waals surface area contributed by atoms with Gasteiger partial charge in [-0.05, 0) is 24.1 Å². The number of hydrogen-bond acceptors (Lipinski definition) is 1. The van der Waals surface area contributed by atoms with E-state index < -0.39 is 22.8 Å². The molecule has 0 spiro atoms. The highest BCUT2D eigenvalue weighted by Gasteiger charge is 2.23. The molecule has 0 fully saturated rings. The van der Waals surface area contributed by atoms with E-state index in [1.165, 1.54) is 13.0 Å². The van der Waals surface area contributed by atoms with Crippen molar-refractivity contribution in [1.82, 2.24) is 0 Å². The molecule has 0 radical (unpaired) electrons. The zero-order valence-corrected chi connectivity index (χ0v) is 10.9. The second kappa shape index (κ2) is 5.49. The Morgan fingerprint density at radius 1 is 1.11 bits per heavy atom. The van der Waals surface area contributed by atoms with Gasteiger partial charge in [-0.15, -0.1) is 11.6 Å². The summed E-state index contributed by atoms with van der Waals surface area (Å²) in [5.74, 6) is -2.15. The molecular formula is C15H11ClF2O. The Morgan fingerprint density at radius 2 is 1.74 bits per heavy atom. The molecular weight excluding hydrogens is 270 g/mol. The summed E-state index contributed by atoms with van der Waals surface area (Å²) in [5.41, 5.74) is 0.597. The number of benzene rings is 2. The van der Waals surface area contributed by atoms with Crippen LogP contribution in [0.4, 0.5) is 8.78 Å². The number of aryl methyl sites for hydroxylation is 1. The molecule has 0 aromatic heterocycles. The minimum Gasteiger partial charge on any atom is -0.292 e. The highest BCUT2D eigenvalue weighted by molar-refractivity contribution is 6.33. The number of carbonyl (C=O) groups is 1. The molecule has 0 saturated heterocycles. The van der Waals surface area contributed by atoms with Crippen molar-refractivity contribution in [3.05, 3.63) is 70.8 Å². The van der Waals surface area contributed by atoms with E-state index in [1.54, 1.807) is 30.3 Å². The Kier molecular flexibility index (Phi) is 3.96. The van der Waals surface area contributed by atoms with E-state index in [-0.39, 0.29) is 11.1 Å². The highest BCUT2D eigenvalue weighted by Crippen LogP contribution is 2.27. The molecule has 98 valence electrons. The standard InChI is InChI=1S/C15H11ClF2O/c1-9-7-11(13(18)8-12(9)17)15(19)14(16)10-5-3-2-4-6-10/h2-8,14H,1H3. The largest absolute Gasteiger partial charge is 0.292 e. The summed E-state index contributed by atoms with van der Waals surface area (Å²) in [6.07, 6.45) is 0. The van der Waals surface area contributed by atoms with Gasteiger partial charge in [0.05, 0.1) is 5.56 Å². The van der Waals surface area contributed by atoms with Gasteiger partial charge in [-0.25, -0.2) is 8.78 Å². The number of carbonyl (C=O) groups excluding carboxylic acids is 1. The lowest BCUT2D eigenvalue weighted by Gasteiger charge is -2.10. The summed E-state index contributed by atoms with van der Waals surface area (Å²) in [6, 6.07) is 10.5. The van der Waals surface area contributed by atoms with E-state index in [9.17, 15) is 13.6 Å². The van der Waals surface area contributed by atoms with Crippen molar-refractivity contribution in [2.24, 2.45) is 0 Å². The summed E-state index contributed by atoms with van der Waals surface area (Å²) in [4.78, 5) is 12.1. The first-order chi connectivity index (χ1) is 9.00. The predicted octanol–water partition coefficient (Wildman–Crippen LogP) is 4.44. The summed E-state index contributed by atoms with van der Waals surface area (Å²) < 4.78 is 26.8. The van der Waals surface area contributed by atoms with Crippen LogP contribution in [0.3, 0.4) is 0 Å². The van der Waals surface area contributed by atoms with E-state index >= 15 is 0 Å². The van der Waals surface area contributed by atoms with Crippen molar-refractivity contribution in [1.29, 1.82) is 0 Å². The normalized spacial score (nSPS) is 12.2. The Balaban J connectivity index is 2.37. The SMILES string of the molecule is Cc1cc(C(=O)C(Cl)c2ccccc2)c(F)cc1F. The molecule has 0 aliphatic rings. The number of ketones is 1. The fourth-order valence-electron chi connectivity index (χ4n) is 1.76. The van der Waals surface area contributed by atoms with Gasteiger partial charge in [0.25, 0.3) is 0 Å². The van der Waals surface area contributed by atoms with Crippen molar-refractivity contribution in [3.63, 3.8) is 0 Å². The zero-order chi connectivity index (χ0) is 14.0.